The average molecular weight is 438 g/mol. The topological polar surface area (TPSA) is 46.9 Å². The largest absolute Gasteiger partial charge is 0.346 e. The molecule has 1 aromatic heterocycles. The van der Waals surface area contributed by atoms with E-state index in [2.05, 4.69) is 40.2 Å². The lowest BCUT2D eigenvalue weighted by Gasteiger charge is -2.36. The zero-order chi connectivity index (χ0) is 22.3. The van der Waals surface area contributed by atoms with E-state index in [0.717, 1.165) is 79.1 Å². The lowest BCUT2D eigenvalue weighted by atomic mass is 10.1. The van der Waals surface area contributed by atoms with E-state index < -0.39 is 0 Å². The van der Waals surface area contributed by atoms with Gasteiger partial charge >= 0.3 is 5.91 Å². The van der Waals surface area contributed by atoms with Crippen molar-refractivity contribution < 1.29 is 9.28 Å². The molecule has 5 heteroatoms. The van der Waals surface area contributed by atoms with Crippen LogP contribution in [0.15, 0.2) is 78.9 Å². The molecule has 3 heterocycles. The number of imidazole rings is 1. The summed E-state index contributed by atoms with van der Waals surface area (Å²) >= 11 is 0. The summed E-state index contributed by atoms with van der Waals surface area (Å²) in [5, 5.41) is 3.47. The maximum Gasteiger partial charge on any atom is 0.346 e. The number of likely N-dealkylation sites (tertiary alicyclic amines) is 1. The molecule has 0 aliphatic carbocycles. The number of rotatable bonds is 4. The molecule has 4 aromatic rings. The van der Waals surface area contributed by atoms with Gasteiger partial charge in [0.15, 0.2) is 0 Å². The zero-order valence-corrected chi connectivity index (χ0v) is 18.8. The van der Waals surface area contributed by atoms with Gasteiger partial charge in [0.2, 0.25) is 0 Å². The standard InChI is InChI=1S/C28H29N4O/c33-28(32(18-6-7-19-32)24-16-17-29-20-24)22-12-14-23(15-13-22)31-26-11-5-4-10-25(26)30-27(31)21-8-2-1-3-9-21/h1-5,8-15,24,29H,6-7,16-20H2/q+1. The Morgan fingerprint density at radius 1 is 0.909 bits per heavy atom. The number of para-hydroxylation sites is 2. The Bertz CT molecular complexity index is 1280. The lowest BCUT2D eigenvalue weighted by molar-refractivity contribution is -0.860. The van der Waals surface area contributed by atoms with E-state index in [4.69, 9.17) is 4.98 Å². The first-order valence-electron chi connectivity index (χ1n) is 12.0. The van der Waals surface area contributed by atoms with Crippen LogP contribution in [-0.4, -0.2) is 52.2 Å². The molecule has 2 saturated heterocycles. The lowest BCUT2D eigenvalue weighted by Crippen LogP contribution is -2.58. The number of benzene rings is 3. The van der Waals surface area contributed by atoms with Gasteiger partial charge in [-0.05, 0) is 36.4 Å². The Morgan fingerprint density at radius 2 is 1.64 bits per heavy atom. The van der Waals surface area contributed by atoms with Gasteiger partial charge in [0.25, 0.3) is 0 Å². The summed E-state index contributed by atoms with van der Waals surface area (Å²) in [7, 11) is 0. The molecule has 1 amide bonds. The van der Waals surface area contributed by atoms with E-state index in [0.29, 0.717) is 10.5 Å². The van der Waals surface area contributed by atoms with Crippen LogP contribution in [0.5, 0.6) is 0 Å². The SMILES string of the molecule is O=C(c1ccc(-n2c(-c3ccccc3)nc3ccccc32)cc1)[N+]1(C2CCNC2)CCCC1. The molecule has 1 unspecified atom stereocenters. The maximum absolute atomic E-state index is 13.8. The third-order valence-corrected chi connectivity index (χ3v) is 7.47. The molecule has 0 radical (unpaired) electrons. The molecule has 1 N–H and O–H groups in total. The average Bonchev–Trinajstić information content (AvgIpc) is 3.64. The summed E-state index contributed by atoms with van der Waals surface area (Å²) in [6.07, 6.45) is 3.37. The summed E-state index contributed by atoms with van der Waals surface area (Å²) in [6, 6.07) is 27.1. The predicted molar refractivity (Wildman–Crippen MR) is 131 cm³/mol. The van der Waals surface area contributed by atoms with Crippen molar-refractivity contribution in [1.29, 1.82) is 0 Å². The first-order valence-corrected chi connectivity index (χ1v) is 12.0. The van der Waals surface area contributed by atoms with Gasteiger partial charge in [-0.1, -0.05) is 42.5 Å². The smallest absolute Gasteiger partial charge is 0.311 e. The number of hydrogen-bond acceptors (Lipinski definition) is 3. The second-order valence-electron chi connectivity index (χ2n) is 9.31. The number of quaternary nitrogens is 1. The Kier molecular flexibility index (Phi) is 5.08. The van der Waals surface area contributed by atoms with Crippen molar-refractivity contribution in [2.75, 3.05) is 26.2 Å². The summed E-state index contributed by atoms with van der Waals surface area (Å²) < 4.78 is 2.82. The van der Waals surface area contributed by atoms with Crippen LogP contribution < -0.4 is 5.32 Å². The first-order chi connectivity index (χ1) is 16.3. The quantitative estimate of drug-likeness (QED) is 0.466. The number of fused-ring (bicyclic) bond motifs is 1. The zero-order valence-electron chi connectivity index (χ0n) is 18.8. The van der Waals surface area contributed by atoms with Gasteiger partial charge in [-0.25, -0.2) is 9.78 Å². The molecule has 166 valence electrons. The Hall–Kier alpha value is -3.28. The summed E-state index contributed by atoms with van der Waals surface area (Å²) in [5.74, 6) is 1.20. The second-order valence-corrected chi connectivity index (χ2v) is 9.31. The van der Waals surface area contributed by atoms with Gasteiger partial charge in [-0.15, -0.1) is 0 Å². The van der Waals surface area contributed by atoms with Crippen LogP contribution in [-0.2, 0) is 0 Å². The Labute approximate surface area is 194 Å². The van der Waals surface area contributed by atoms with Gasteiger partial charge in [0.05, 0.1) is 29.7 Å². The van der Waals surface area contributed by atoms with Crippen LogP contribution >= 0.6 is 0 Å². The molecule has 5 nitrogen and oxygen atoms in total. The van der Waals surface area contributed by atoms with E-state index in [1.54, 1.807) is 0 Å². The van der Waals surface area contributed by atoms with Crippen LogP contribution in [0.3, 0.4) is 0 Å². The molecule has 0 saturated carbocycles. The normalized spacial score (nSPS) is 19.8. The van der Waals surface area contributed by atoms with E-state index in [9.17, 15) is 4.79 Å². The summed E-state index contributed by atoms with van der Waals surface area (Å²) in [5.41, 5.74) is 4.94. The molecular formula is C28H29N4O+. The number of carbonyl (C=O) groups excluding carboxylic acids is 1. The third kappa shape index (κ3) is 3.39. The summed E-state index contributed by atoms with van der Waals surface area (Å²) in [4.78, 5) is 18.7. The van der Waals surface area contributed by atoms with Crippen molar-refractivity contribution in [3.05, 3.63) is 84.4 Å². The van der Waals surface area contributed by atoms with Crippen molar-refractivity contribution in [3.8, 4) is 17.1 Å². The number of carbonyl (C=O) groups is 1. The van der Waals surface area contributed by atoms with Crippen molar-refractivity contribution in [3.63, 3.8) is 0 Å². The highest BCUT2D eigenvalue weighted by atomic mass is 16.2. The van der Waals surface area contributed by atoms with Crippen LogP contribution in [0.2, 0.25) is 0 Å². The van der Waals surface area contributed by atoms with Crippen molar-refractivity contribution in [2.45, 2.75) is 25.3 Å². The number of amides is 1. The fourth-order valence-electron chi connectivity index (χ4n) is 5.77. The highest BCUT2D eigenvalue weighted by Gasteiger charge is 2.47. The number of aromatic nitrogens is 2. The second kappa shape index (κ2) is 8.25. The number of nitrogens with one attached hydrogen (secondary N) is 1. The monoisotopic (exact) mass is 437 g/mol. The van der Waals surface area contributed by atoms with Crippen LogP contribution in [0.25, 0.3) is 28.1 Å². The minimum absolute atomic E-state index is 0.284. The van der Waals surface area contributed by atoms with Gasteiger partial charge in [0.1, 0.15) is 11.9 Å². The molecule has 6 rings (SSSR count). The molecule has 33 heavy (non-hydrogen) atoms. The minimum Gasteiger partial charge on any atom is -0.311 e. The van der Waals surface area contributed by atoms with Gasteiger partial charge in [0, 0.05) is 43.6 Å². The van der Waals surface area contributed by atoms with Crippen LogP contribution in [0.1, 0.15) is 29.6 Å². The van der Waals surface area contributed by atoms with Gasteiger partial charge in [-0.3, -0.25) is 9.05 Å². The van der Waals surface area contributed by atoms with Crippen molar-refractivity contribution >= 4 is 16.9 Å². The van der Waals surface area contributed by atoms with Crippen molar-refractivity contribution in [1.82, 2.24) is 14.9 Å². The highest BCUT2D eigenvalue weighted by molar-refractivity contribution is 5.90. The highest BCUT2D eigenvalue weighted by Crippen LogP contribution is 2.32. The van der Waals surface area contributed by atoms with Crippen LogP contribution in [0.4, 0.5) is 0 Å². The molecular weight excluding hydrogens is 408 g/mol. The minimum atomic E-state index is 0.284. The Balaban J connectivity index is 1.40. The molecule has 0 bridgehead atoms. The molecule has 2 aliphatic heterocycles. The molecule has 2 aliphatic rings. The number of nitrogens with zero attached hydrogens (tertiary/aromatic N) is 3. The number of hydrogen-bond donors (Lipinski definition) is 1. The van der Waals surface area contributed by atoms with Gasteiger partial charge < -0.3 is 5.32 Å². The van der Waals surface area contributed by atoms with Gasteiger partial charge in [-0.2, -0.15) is 0 Å². The molecule has 0 spiro atoms. The molecule has 3 aromatic carbocycles. The Morgan fingerprint density at radius 3 is 2.36 bits per heavy atom. The van der Waals surface area contributed by atoms with E-state index in [1.165, 1.54) is 0 Å². The van der Waals surface area contributed by atoms with Crippen molar-refractivity contribution in [2.24, 2.45) is 0 Å². The predicted octanol–water partition coefficient (Wildman–Crippen LogP) is 4.81. The maximum atomic E-state index is 13.8. The third-order valence-electron chi connectivity index (χ3n) is 7.47. The van der Waals surface area contributed by atoms with E-state index >= 15 is 0 Å². The van der Waals surface area contributed by atoms with Crippen LogP contribution in [0, 0.1) is 0 Å². The van der Waals surface area contributed by atoms with E-state index in [-0.39, 0.29) is 5.91 Å². The first kappa shape index (κ1) is 20.3. The fraction of sp³-hybridized carbons (Fsp3) is 0.286. The molecule has 1 atom stereocenters. The fourth-order valence-corrected chi connectivity index (χ4v) is 5.77. The summed E-state index contributed by atoms with van der Waals surface area (Å²) in [6.45, 7) is 3.91. The van der Waals surface area contributed by atoms with E-state index in [1.807, 2.05) is 48.5 Å². The molecule has 2 fully saturated rings.